The fraction of sp³-hybridized carbons (Fsp3) is 0.250. The van der Waals surface area contributed by atoms with Crippen molar-refractivity contribution in [2.45, 2.75) is 0 Å². The number of carbonyl (C=O) groups excluding carboxylic acids is 1. The molecule has 0 aliphatic heterocycles. The number of ketones is 1. The van der Waals surface area contributed by atoms with Crippen LogP contribution in [0.2, 0.25) is 0 Å². The Bertz CT molecular complexity index is 856. The normalized spacial score (nSPS) is 10.6. The van der Waals surface area contributed by atoms with Crippen LogP contribution in [0.15, 0.2) is 30.3 Å². The van der Waals surface area contributed by atoms with Gasteiger partial charge in [-0.3, -0.25) is 4.79 Å². The minimum absolute atomic E-state index is 0.0214. The highest BCUT2D eigenvalue weighted by atomic mass is 16.5. The summed E-state index contributed by atoms with van der Waals surface area (Å²) in [7, 11) is 7.30. The Morgan fingerprint density at radius 1 is 0.815 bits per heavy atom. The summed E-state index contributed by atoms with van der Waals surface area (Å²) in [5.41, 5.74) is 0.701. The second-order valence-electron chi connectivity index (χ2n) is 5.35. The summed E-state index contributed by atoms with van der Waals surface area (Å²) in [6, 6.07) is 6.54. The molecule has 0 aliphatic carbocycles. The molecule has 0 amide bonds. The van der Waals surface area contributed by atoms with Crippen LogP contribution in [0.1, 0.15) is 15.9 Å². The number of aromatic hydroxyl groups is 1. The highest BCUT2D eigenvalue weighted by Gasteiger charge is 2.24. The van der Waals surface area contributed by atoms with Crippen molar-refractivity contribution in [1.82, 2.24) is 0 Å². The molecule has 0 unspecified atom stereocenters. The average Bonchev–Trinajstić information content (AvgIpc) is 2.70. The van der Waals surface area contributed by atoms with Gasteiger partial charge in [0.25, 0.3) is 0 Å². The minimum Gasteiger partial charge on any atom is -0.507 e. The summed E-state index contributed by atoms with van der Waals surface area (Å²) in [4.78, 5) is 12.7. The van der Waals surface area contributed by atoms with Gasteiger partial charge in [0.15, 0.2) is 28.8 Å². The lowest BCUT2D eigenvalue weighted by Gasteiger charge is -2.15. The van der Waals surface area contributed by atoms with Gasteiger partial charge < -0.3 is 28.8 Å². The van der Waals surface area contributed by atoms with E-state index in [-0.39, 0.29) is 28.6 Å². The van der Waals surface area contributed by atoms with Crippen LogP contribution < -0.4 is 23.7 Å². The fourth-order valence-corrected chi connectivity index (χ4v) is 2.59. The molecule has 0 atom stereocenters. The number of methoxy groups -OCH3 is 5. The molecule has 0 bridgehead atoms. The largest absolute Gasteiger partial charge is 0.507 e. The zero-order valence-corrected chi connectivity index (χ0v) is 15.9. The lowest BCUT2D eigenvalue weighted by molar-refractivity contribution is 0.104. The molecule has 0 aliphatic rings. The lowest BCUT2D eigenvalue weighted by atomic mass is 10.0. The predicted octanol–water partition coefficient (Wildman–Crippen LogP) is 3.33. The molecule has 2 rings (SSSR count). The lowest BCUT2D eigenvalue weighted by Crippen LogP contribution is -2.03. The third-order valence-electron chi connectivity index (χ3n) is 3.89. The van der Waals surface area contributed by atoms with Crippen molar-refractivity contribution < 1.29 is 33.6 Å². The van der Waals surface area contributed by atoms with Crippen LogP contribution >= 0.6 is 0 Å². The minimum atomic E-state index is -0.458. The first-order valence-corrected chi connectivity index (χ1v) is 7.97. The molecule has 0 spiro atoms. The van der Waals surface area contributed by atoms with E-state index in [0.717, 1.165) is 5.56 Å². The number of ether oxygens (including phenoxy) is 5. The number of allylic oxidation sites excluding steroid dienone is 1. The fourth-order valence-electron chi connectivity index (χ4n) is 2.59. The van der Waals surface area contributed by atoms with Crippen LogP contribution in [0.4, 0.5) is 0 Å². The molecule has 0 aromatic heterocycles. The van der Waals surface area contributed by atoms with Gasteiger partial charge in [-0.05, 0) is 23.8 Å². The Balaban J connectivity index is 2.42. The maximum absolute atomic E-state index is 12.7. The van der Waals surface area contributed by atoms with Gasteiger partial charge in [0.05, 0.1) is 35.5 Å². The van der Waals surface area contributed by atoms with Gasteiger partial charge in [-0.1, -0.05) is 12.1 Å². The number of carbonyl (C=O) groups is 1. The highest BCUT2D eigenvalue weighted by molar-refractivity contribution is 6.11. The first kappa shape index (κ1) is 20.0. The summed E-state index contributed by atoms with van der Waals surface area (Å²) in [5, 5.41) is 10.3. The predicted molar refractivity (Wildman–Crippen MR) is 101 cm³/mol. The Morgan fingerprint density at radius 3 is 2.00 bits per heavy atom. The van der Waals surface area contributed by atoms with Crippen LogP contribution in [0.3, 0.4) is 0 Å². The molecular formula is C20H22O7. The van der Waals surface area contributed by atoms with E-state index in [4.69, 9.17) is 23.7 Å². The Labute approximate surface area is 157 Å². The zero-order chi connectivity index (χ0) is 20.0. The number of phenols is 1. The summed E-state index contributed by atoms with van der Waals surface area (Å²) in [6.07, 6.45) is 2.92. The van der Waals surface area contributed by atoms with Gasteiger partial charge >= 0.3 is 0 Å². The van der Waals surface area contributed by atoms with Crippen LogP contribution in [-0.4, -0.2) is 46.4 Å². The first-order valence-electron chi connectivity index (χ1n) is 7.97. The van der Waals surface area contributed by atoms with Crippen LogP contribution in [0.5, 0.6) is 34.5 Å². The van der Waals surface area contributed by atoms with Gasteiger partial charge in [-0.25, -0.2) is 0 Å². The van der Waals surface area contributed by atoms with Crippen molar-refractivity contribution in [3.05, 3.63) is 41.5 Å². The van der Waals surface area contributed by atoms with Gasteiger partial charge in [0.1, 0.15) is 11.3 Å². The monoisotopic (exact) mass is 374 g/mol. The number of benzene rings is 2. The maximum Gasteiger partial charge on any atom is 0.204 e. The molecule has 0 saturated heterocycles. The van der Waals surface area contributed by atoms with Gasteiger partial charge in [-0.2, -0.15) is 0 Å². The molecule has 7 heteroatoms. The van der Waals surface area contributed by atoms with Crippen molar-refractivity contribution in [3.8, 4) is 34.5 Å². The molecule has 27 heavy (non-hydrogen) atoms. The molecule has 0 radical (unpaired) electrons. The third kappa shape index (κ3) is 4.08. The van der Waals surface area contributed by atoms with E-state index in [0.29, 0.717) is 11.5 Å². The van der Waals surface area contributed by atoms with Crippen LogP contribution in [0, 0.1) is 0 Å². The number of rotatable bonds is 8. The Morgan fingerprint density at radius 2 is 1.44 bits per heavy atom. The molecule has 0 saturated carbocycles. The SMILES string of the molecule is COc1ccc(C=CC(=O)c2c(O)cc(OC)c(OC)c2OC)cc1OC. The van der Waals surface area contributed by atoms with Crippen molar-refractivity contribution in [1.29, 1.82) is 0 Å². The first-order chi connectivity index (χ1) is 13.0. The third-order valence-corrected chi connectivity index (χ3v) is 3.89. The number of phenolic OH excluding ortho intramolecular Hbond substituents is 1. The quantitative estimate of drug-likeness (QED) is 0.560. The van der Waals surface area contributed by atoms with E-state index >= 15 is 0 Å². The highest BCUT2D eigenvalue weighted by Crippen LogP contribution is 2.45. The van der Waals surface area contributed by atoms with Crippen molar-refractivity contribution >= 4 is 11.9 Å². The van der Waals surface area contributed by atoms with E-state index in [9.17, 15) is 9.90 Å². The van der Waals surface area contributed by atoms with Crippen LogP contribution in [-0.2, 0) is 0 Å². The zero-order valence-electron chi connectivity index (χ0n) is 15.9. The molecule has 2 aromatic carbocycles. The van der Waals surface area contributed by atoms with Crippen molar-refractivity contribution in [3.63, 3.8) is 0 Å². The van der Waals surface area contributed by atoms with Gasteiger partial charge in [0, 0.05) is 6.07 Å². The summed E-state index contributed by atoms with van der Waals surface area (Å²) < 4.78 is 26.1. The number of hydrogen-bond acceptors (Lipinski definition) is 7. The molecule has 1 N–H and O–H groups in total. The molecule has 144 valence electrons. The van der Waals surface area contributed by atoms with Crippen LogP contribution in [0.25, 0.3) is 6.08 Å². The molecular weight excluding hydrogens is 352 g/mol. The molecule has 0 fully saturated rings. The van der Waals surface area contributed by atoms with E-state index < -0.39 is 5.78 Å². The second kappa shape index (κ2) is 8.84. The standard InChI is InChI=1S/C20H22O7/c1-23-15-9-7-12(10-16(15)24-2)6-8-13(21)18-14(22)11-17(25-3)19(26-4)20(18)27-5/h6-11,22H,1-5H3. The summed E-state index contributed by atoms with van der Waals surface area (Å²) in [6.45, 7) is 0. The van der Waals surface area contributed by atoms with Crippen molar-refractivity contribution in [2.24, 2.45) is 0 Å². The number of hydrogen-bond donors (Lipinski definition) is 1. The molecule has 2 aromatic rings. The molecule has 7 nitrogen and oxygen atoms in total. The Hall–Kier alpha value is -3.35. The van der Waals surface area contributed by atoms with E-state index in [2.05, 4.69) is 0 Å². The maximum atomic E-state index is 12.7. The van der Waals surface area contributed by atoms with E-state index in [1.807, 2.05) is 0 Å². The topological polar surface area (TPSA) is 83.5 Å². The average molecular weight is 374 g/mol. The van der Waals surface area contributed by atoms with E-state index in [1.54, 1.807) is 31.4 Å². The van der Waals surface area contributed by atoms with E-state index in [1.165, 1.54) is 40.6 Å². The van der Waals surface area contributed by atoms with Gasteiger partial charge in [-0.15, -0.1) is 0 Å². The van der Waals surface area contributed by atoms with Gasteiger partial charge in [0.2, 0.25) is 5.75 Å². The molecule has 0 heterocycles. The van der Waals surface area contributed by atoms with Crippen molar-refractivity contribution in [2.75, 3.05) is 35.5 Å². The Kier molecular flexibility index (Phi) is 6.54. The smallest absolute Gasteiger partial charge is 0.204 e. The summed E-state index contributed by atoms with van der Waals surface area (Å²) in [5.74, 6) is 0.967. The second-order valence-corrected chi connectivity index (χ2v) is 5.35. The summed E-state index contributed by atoms with van der Waals surface area (Å²) >= 11 is 0.